The number of nitrogens with two attached hydrogens (primary N) is 1. The lowest BCUT2D eigenvalue weighted by Gasteiger charge is -2.27. The molecule has 0 aliphatic carbocycles. The van der Waals surface area contributed by atoms with Crippen LogP contribution in [0.4, 0.5) is 11.5 Å². The van der Waals surface area contributed by atoms with Crippen molar-refractivity contribution in [1.29, 1.82) is 0 Å². The van der Waals surface area contributed by atoms with E-state index in [1.54, 1.807) is 0 Å². The molecule has 0 unspecified atom stereocenters. The summed E-state index contributed by atoms with van der Waals surface area (Å²) in [5.74, 6) is 0.116. The maximum atomic E-state index is 12.9. The van der Waals surface area contributed by atoms with Gasteiger partial charge in [0, 0.05) is 18.1 Å². The predicted molar refractivity (Wildman–Crippen MR) is 129 cm³/mol. The summed E-state index contributed by atoms with van der Waals surface area (Å²) in [7, 11) is 0. The zero-order chi connectivity index (χ0) is 22.5. The number of aromatic nitrogens is 2. The van der Waals surface area contributed by atoms with Gasteiger partial charge >= 0.3 is 5.69 Å². The molecule has 4 aromatic rings. The fourth-order valence-corrected chi connectivity index (χ4v) is 3.85. The van der Waals surface area contributed by atoms with E-state index in [1.807, 2.05) is 89.8 Å². The number of H-pyrrole nitrogens is 1. The molecule has 0 amide bonds. The summed E-state index contributed by atoms with van der Waals surface area (Å²) in [6.07, 6.45) is 0. The van der Waals surface area contributed by atoms with E-state index in [2.05, 4.69) is 4.98 Å². The molecule has 0 fully saturated rings. The zero-order valence-electron chi connectivity index (χ0n) is 17.4. The molecule has 0 atom stereocenters. The second-order valence-corrected chi connectivity index (χ2v) is 7.91. The highest BCUT2D eigenvalue weighted by Crippen LogP contribution is 2.25. The van der Waals surface area contributed by atoms with Crippen LogP contribution in [0.5, 0.6) is 0 Å². The molecule has 0 aliphatic heterocycles. The number of nitrogens with zero attached hydrogens (tertiary/aromatic N) is 2. The smallest absolute Gasteiger partial charge is 0.330 e. The summed E-state index contributed by atoms with van der Waals surface area (Å²) in [5, 5.41) is 0.596. The van der Waals surface area contributed by atoms with Crippen molar-refractivity contribution < 1.29 is 0 Å². The summed E-state index contributed by atoms with van der Waals surface area (Å²) < 4.78 is 1.39. The van der Waals surface area contributed by atoms with Crippen LogP contribution < -0.4 is 21.9 Å². The molecule has 1 aromatic heterocycles. The van der Waals surface area contributed by atoms with Crippen LogP contribution in [0.1, 0.15) is 16.7 Å². The third-order valence-electron chi connectivity index (χ3n) is 5.25. The van der Waals surface area contributed by atoms with Crippen LogP contribution >= 0.6 is 11.6 Å². The predicted octanol–water partition coefficient (Wildman–Crippen LogP) is 4.03. The number of nitrogen functional groups attached to an aromatic ring is 1. The quantitative estimate of drug-likeness (QED) is 0.449. The van der Waals surface area contributed by atoms with Crippen LogP contribution in [0.15, 0.2) is 94.5 Å². The fourth-order valence-electron chi connectivity index (χ4n) is 3.66. The number of anilines is 2. The lowest BCUT2D eigenvalue weighted by molar-refractivity contribution is 0.712. The van der Waals surface area contributed by atoms with Crippen molar-refractivity contribution >= 4 is 23.1 Å². The van der Waals surface area contributed by atoms with Gasteiger partial charge < -0.3 is 10.6 Å². The normalized spacial score (nSPS) is 10.8. The highest BCUT2D eigenvalue weighted by molar-refractivity contribution is 6.31. The second kappa shape index (κ2) is 9.58. The van der Waals surface area contributed by atoms with Crippen LogP contribution in [0, 0.1) is 0 Å². The van der Waals surface area contributed by atoms with Gasteiger partial charge in [0.1, 0.15) is 11.5 Å². The van der Waals surface area contributed by atoms with E-state index >= 15 is 0 Å². The van der Waals surface area contributed by atoms with Gasteiger partial charge in [0.2, 0.25) is 0 Å². The van der Waals surface area contributed by atoms with E-state index in [4.69, 9.17) is 17.3 Å². The van der Waals surface area contributed by atoms with Gasteiger partial charge in [-0.15, -0.1) is 0 Å². The first-order valence-corrected chi connectivity index (χ1v) is 10.6. The summed E-state index contributed by atoms with van der Waals surface area (Å²) in [6, 6.07) is 26.7. The molecule has 0 aliphatic rings. The number of nitrogens with one attached hydrogen (secondary N) is 1. The summed E-state index contributed by atoms with van der Waals surface area (Å²) >= 11 is 6.40. The number of aromatic amines is 1. The number of halogens is 1. The molecule has 1 heterocycles. The Bertz CT molecular complexity index is 1320. The first-order chi connectivity index (χ1) is 15.5. The van der Waals surface area contributed by atoms with Gasteiger partial charge in [0.05, 0.1) is 6.54 Å². The van der Waals surface area contributed by atoms with Crippen molar-refractivity contribution in [3.63, 3.8) is 0 Å². The summed E-state index contributed by atoms with van der Waals surface area (Å²) in [6.45, 7) is 1.02. The first-order valence-electron chi connectivity index (χ1n) is 10.2. The van der Waals surface area contributed by atoms with E-state index in [0.717, 1.165) is 16.7 Å². The van der Waals surface area contributed by atoms with Gasteiger partial charge in [-0.3, -0.25) is 14.3 Å². The SMILES string of the molecule is Nc1c(N(Cc2ccccc2)Cc2ccccc2Cl)c(=O)[nH]c(=O)n1Cc1ccccc1. The minimum absolute atomic E-state index is 0.116. The van der Waals surface area contributed by atoms with Gasteiger partial charge in [0.25, 0.3) is 5.56 Å². The Kier molecular flexibility index (Phi) is 6.42. The van der Waals surface area contributed by atoms with Gasteiger partial charge in [0.15, 0.2) is 0 Å². The van der Waals surface area contributed by atoms with Gasteiger partial charge in [-0.2, -0.15) is 0 Å². The molecule has 4 rings (SSSR count). The van der Waals surface area contributed by atoms with E-state index < -0.39 is 11.2 Å². The third-order valence-corrected chi connectivity index (χ3v) is 5.62. The third kappa shape index (κ3) is 4.76. The van der Waals surface area contributed by atoms with E-state index in [1.165, 1.54) is 4.57 Å². The highest BCUT2D eigenvalue weighted by atomic mass is 35.5. The van der Waals surface area contributed by atoms with E-state index in [9.17, 15) is 9.59 Å². The number of hydrogen-bond acceptors (Lipinski definition) is 4. The Morgan fingerprint density at radius 2 is 1.41 bits per heavy atom. The van der Waals surface area contributed by atoms with Crippen LogP contribution in [-0.4, -0.2) is 9.55 Å². The number of rotatable bonds is 7. The van der Waals surface area contributed by atoms with E-state index in [0.29, 0.717) is 18.1 Å². The highest BCUT2D eigenvalue weighted by Gasteiger charge is 2.20. The van der Waals surface area contributed by atoms with Crippen LogP contribution in [-0.2, 0) is 19.6 Å². The van der Waals surface area contributed by atoms with Gasteiger partial charge in [-0.25, -0.2) is 4.79 Å². The first kappa shape index (κ1) is 21.5. The minimum Gasteiger partial charge on any atom is -0.383 e. The van der Waals surface area contributed by atoms with Crippen molar-refractivity contribution in [2.45, 2.75) is 19.6 Å². The number of benzene rings is 3. The van der Waals surface area contributed by atoms with Crippen LogP contribution in [0.2, 0.25) is 5.02 Å². The number of hydrogen-bond donors (Lipinski definition) is 2. The largest absolute Gasteiger partial charge is 0.383 e. The van der Waals surface area contributed by atoms with Crippen LogP contribution in [0.3, 0.4) is 0 Å². The Morgan fingerprint density at radius 3 is 2.06 bits per heavy atom. The molecule has 162 valence electrons. The van der Waals surface area contributed by atoms with E-state index in [-0.39, 0.29) is 18.1 Å². The minimum atomic E-state index is -0.544. The van der Waals surface area contributed by atoms with Crippen LogP contribution in [0.25, 0.3) is 0 Å². The van der Waals surface area contributed by atoms with Crippen molar-refractivity contribution in [3.05, 3.63) is 127 Å². The zero-order valence-corrected chi connectivity index (χ0v) is 18.1. The maximum Gasteiger partial charge on any atom is 0.330 e. The van der Waals surface area contributed by atoms with Gasteiger partial charge in [-0.1, -0.05) is 90.5 Å². The van der Waals surface area contributed by atoms with Crippen molar-refractivity contribution in [2.24, 2.45) is 0 Å². The Balaban J connectivity index is 1.80. The van der Waals surface area contributed by atoms with Gasteiger partial charge in [-0.05, 0) is 22.8 Å². The lowest BCUT2D eigenvalue weighted by Crippen LogP contribution is -2.38. The Hall–Kier alpha value is -3.77. The van der Waals surface area contributed by atoms with Crippen molar-refractivity contribution in [2.75, 3.05) is 10.6 Å². The standard InChI is InChI=1S/C25H23ClN4O2/c26-21-14-8-7-13-20(21)17-29(15-18-9-3-1-4-10-18)22-23(27)30(25(32)28-24(22)31)16-19-11-5-2-6-12-19/h1-14H,15-17,27H2,(H,28,31,32). The molecular weight excluding hydrogens is 424 g/mol. The average Bonchev–Trinajstić information content (AvgIpc) is 2.79. The summed E-state index contributed by atoms with van der Waals surface area (Å²) in [4.78, 5) is 29.8. The average molecular weight is 447 g/mol. The molecule has 0 bridgehead atoms. The lowest BCUT2D eigenvalue weighted by atomic mass is 10.1. The molecule has 3 N–H and O–H groups in total. The molecule has 6 nitrogen and oxygen atoms in total. The topological polar surface area (TPSA) is 84.1 Å². The molecule has 3 aromatic carbocycles. The maximum absolute atomic E-state index is 12.9. The fraction of sp³-hybridized carbons (Fsp3) is 0.120. The molecular formula is C25H23ClN4O2. The second-order valence-electron chi connectivity index (χ2n) is 7.50. The summed E-state index contributed by atoms with van der Waals surface area (Å²) in [5.41, 5.74) is 8.37. The monoisotopic (exact) mass is 446 g/mol. The Morgan fingerprint density at radius 1 is 0.812 bits per heavy atom. The Labute approximate surface area is 190 Å². The molecule has 0 radical (unpaired) electrons. The molecule has 0 saturated heterocycles. The molecule has 0 saturated carbocycles. The van der Waals surface area contributed by atoms with Crippen molar-refractivity contribution in [1.82, 2.24) is 9.55 Å². The molecule has 0 spiro atoms. The van der Waals surface area contributed by atoms with Crippen molar-refractivity contribution in [3.8, 4) is 0 Å². The molecule has 32 heavy (non-hydrogen) atoms. The molecule has 7 heteroatoms.